The summed E-state index contributed by atoms with van der Waals surface area (Å²) in [5.41, 5.74) is -2.49. The van der Waals surface area contributed by atoms with Gasteiger partial charge in [0.2, 0.25) is 0 Å². The highest BCUT2D eigenvalue weighted by Crippen LogP contribution is 2.41. The third kappa shape index (κ3) is 6.26. The van der Waals surface area contributed by atoms with E-state index in [0.29, 0.717) is 18.7 Å². The molecule has 33 heavy (non-hydrogen) atoms. The van der Waals surface area contributed by atoms with E-state index in [2.05, 4.69) is 0 Å². The van der Waals surface area contributed by atoms with Gasteiger partial charge in [-0.1, -0.05) is 30.3 Å². The van der Waals surface area contributed by atoms with Crippen LogP contribution in [-0.4, -0.2) is 50.2 Å². The van der Waals surface area contributed by atoms with Crippen molar-refractivity contribution in [3.8, 4) is 0 Å². The average Bonchev–Trinajstić information content (AvgIpc) is 3.12. The largest absolute Gasteiger partial charge is 0.416 e. The number of hydrogen-bond donors (Lipinski definition) is 1. The van der Waals surface area contributed by atoms with Gasteiger partial charge >= 0.3 is 12.4 Å². The number of hydrogen-bond acceptors (Lipinski definition) is 4. The molecule has 1 heterocycles. The summed E-state index contributed by atoms with van der Waals surface area (Å²) in [4.78, 5) is 1.96. The predicted octanol–water partition coefficient (Wildman–Crippen LogP) is 5.09. The SMILES string of the molecule is CN(C)CC1COC(OC(CO)c2cc(C(F)(F)F)cc(C(F)(F)F)c2)C1c1ccccc1. The molecular weight excluding hydrogens is 452 g/mol. The number of halogens is 6. The Morgan fingerprint density at radius 3 is 2.06 bits per heavy atom. The summed E-state index contributed by atoms with van der Waals surface area (Å²) >= 11 is 0. The number of aliphatic hydroxyl groups excluding tert-OH is 1. The van der Waals surface area contributed by atoms with Crippen molar-refractivity contribution in [2.45, 2.75) is 30.7 Å². The van der Waals surface area contributed by atoms with E-state index in [1.165, 1.54) is 0 Å². The van der Waals surface area contributed by atoms with Crippen LogP contribution in [0.3, 0.4) is 0 Å². The first-order valence-electron chi connectivity index (χ1n) is 10.3. The summed E-state index contributed by atoms with van der Waals surface area (Å²) in [6, 6.07) is 10.4. The molecule has 3 rings (SSSR count). The first-order chi connectivity index (χ1) is 15.4. The lowest BCUT2D eigenvalue weighted by Crippen LogP contribution is -2.30. The lowest BCUT2D eigenvalue weighted by Gasteiger charge is -2.28. The van der Waals surface area contributed by atoms with Crippen molar-refractivity contribution in [1.29, 1.82) is 0 Å². The molecule has 182 valence electrons. The van der Waals surface area contributed by atoms with Gasteiger partial charge in [-0.3, -0.25) is 0 Å². The van der Waals surface area contributed by atoms with Crippen molar-refractivity contribution < 1.29 is 40.9 Å². The fraction of sp³-hybridized carbons (Fsp3) is 0.478. The van der Waals surface area contributed by atoms with Gasteiger partial charge in [0.25, 0.3) is 0 Å². The molecule has 10 heteroatoms. The molecule has 4 unspecified atom stereocenters. The smallest absolute Gasteiger partial charge is 0.393 e. The van der Waals surface area contributed by atoms with E-state index in [4.69, 9.17) is 9.47 Å². The van der Waals surface area contributed by atoms with Crippen LogP contribution in [0.5, 0.6) is 0 Å². The number of benzene rings is 2. The summed E-state index contributed by atoms with van der Waals surface area (Å²) in [6.45, 7) is 0.0975. The molecule has 1 aliphatic heterocycles. The summed E-state index contributed by atoms with van der Waals surface area (Å²) in [5.74, 6) is -0.352. The maximum absolute atomic E-state index is 13.3. The maximum Gasteiger partial charge on any atom is 0.416 e. The molecule has 1 N–H and O–H groups in total. The van der Waals surface area contributed by atoms with Crippen LogP contribution in [0, 0.1) is 5.92 Å². The van der Waals surface area contributed by atoms with Crippen LogP contribution in [0.2, 0.25) is 0 Å². The summed E-state index contributed by atoms with van der Waals surface area (Å²) in [5, 5.41) is 9.84. The quantitative estimate of drug-likeness (QED) is 0.564. The predicted molar refractivity (Wildman–Crippen MR) is 108 cm³/mol. The standard InChI is InChI=1S/C23H25F6NO3/c1-30(2)11-16-13-32-21(20(16)14-6-4-3-5-7-14)33-19(12-31)15-8-17(22(24,25)26)10-18(9-15)23(27,28)29/h3-10,16,19-21,31H,11-13H2,1-2H3. The first kappa shape index (κ1) is 25.5. The van der Waals surface area contributed by atoms with Crippen molar-refractivity contribution in [3.63, 3.8) is 0 Å². The van der Waals surface area contributed by atoms with Gasteiger partial charge in [0.05, 0.1) is 24.3 Å². The van der Waals surface area contributed by atoms with Crippen molar-refractivity contribution in [1.82, 2.24) is 4.90 Å². The molecule has 1 aliphatic rings. The van der Waals surface area contributed by atoms with Gasteiger partial charge in [-0.25, -0.2) is 0 Å². The molecule has 0 spiro atoms. The molecule has 0 radical (unpaired) electrons. The molecule has 1 fully saturated rings. The summed E-state index contributed by atoms with van der Waals surface area (Å²) in [7, 11) is 3.77. The Bertz CT molecular complexity index is 884. The fourth-order valence-electron chi connectivity index (χ4n) is 4.07. The Morgan fingerprint density at radius 2 is 1.58 bits per heavy atom. The average molecular weight is 477 g/mol. The van der Waals surface area contributed by atoms with Gasteiger partial charge in [0.15, 0.2) is 6.29 Å². The lowest BCUT2D eigenvalue weighted by molar-refractivity contribution is -0.163. The lowest BCUT2D eigenvalue weighted by atomic mass is 9.87. The third-order valence-corrected chi connectivity index (χ3v) is 5.51. The van der Waals surface area contributed by atoms with E-state index in [1.807, 2.05) is 49.3 Å². The minimum atomic E-state index is -5.00. The van der Waals surface area contributed by atoms with Crippen LogP contribution in [-0.2, 0) is 21.8 Å². The van der Waals surface area contributed by atoms with E-state index in [0.717, 1.165) is 5.56 Å². The second kappa shape index (κ2) is 10.0. The molecule has 4 atom stereocenters. The molecule has 0 bridgehead atoms. The minimum absolute atomic E-state index is 0.0287. The highest BCUT2D eigenvalue weighted by Gasteiger charge is 2.42. The van der Waals surface area contributed by atoms with Crippen LogP contribution in [0.1, 0.15) is 34.3 Å². The number of alkyl halides is 6. The van der Waals surface area contributed by atoms with Gasteiger partial charge in [-0.15, -0.1) is 0 Å². The second-order valence-electron chi connectivity index (χ2n) is 8.31. The molecule has 0 saturated carbocycles. The van der Waals surface area contributed by atoms with Crippen molar-refractivity contribution >= 4 is 0 Å². The highest BCUT2D eigenvalue weighted by molar-refractivity contribution is 5.35. The van der Waals surface area contributed by atoms with E-state index in [9.17, 15) is 31.4 Å². The van der Waals surface area contributed by atoms with Crippen molar-refractivity contribution in [2.24, 2.45) is 5.92 Å². The van der Waals surface area contributed by atoms with Gasteiger partial charge in [-0.05, 0) is 43.4 Å². The third-order valence-electron chi connectivity index (χ3n) is 5.51. The zero-order valence-electron chi connectivity index (χ0n) is 18.0. The molecule has 2 aromatic rings. The molecule has 2 aromatic carbocycles. The molecular formula is C23H25F6NO3. The van der Waals surface area contributed by atoms with Crippen LogP contribution < -0.4 is 0 Å². The first-order valence-corrected chi connectivity index (χ1v) is 10.3. The Balaban J connectivity index is 1.95. The Hall–Kier alpha value is -2.14. The van der Waals surface area contributed by atoms with Crippen molar-refractivity contribution in [2.75, 3.05) is 33.9 Å². The Labute approximate surface area is 187 Å². The van der Waals surface area contributed by atoms with Crippen LogP contribution >= 0.6 is 0 Å². The summed E-state index contributed by atoms with van der Waals surface area (Å²) in [6.07, 6.45) is -12.4. The molecule has 1 saturated heterocycles. The monoisotopic (exact) mass is 477 g/mol. The van der Waals surface area contributed by atoms with Crippen LogP contribution in [0.25, 0.3) is 0 Å². The fourth-order valence-corrected chi connectivity index (χ4v) is 4.07. The van der Waals surface area contributed by atoms with Crippen LogP contribution in [0.4, 0.5) is 26.3 Å². The number of ether oxygens (including phenoxy) is 2. The van der Waals surface area contributed by atoms with Crippen LogP contribution in [0.15, 0.2) is 48.5 Å². The Kier molecular flexibility index (Phi) is 7.73. The van der Waals surface area contributed by atoms with E-state index >= 15 is 0 Å². The van der Waals surface area contributed by atoms with E-state index < -0.39 is 48.0 Å². The number of rotatable bonds is 7. The molecule has 0 amide bonds. The minimum Gasteiger partial charge on any atom is -0.393 e. The maximum atomic E-state index is 13.3. The zero-order valence-corrected chi connectivity index (χ0v) is 18.0. The number of nitrogens with zero attached hydrogens (tertiary/aromatic N) is 1. The molecule has 4 nitrogen and oxygen atoms in total. The van der Waals surface area contributed by atoms with Gasteiger partial charge in [-0.2, -0.15) is 26.3 Å². The van der Waals surface area contributed by atoms with Gasteiger partial charge in [0.1, 0.15) is 6.10 Å². The van der Waals surface area contributed by atoms with Crippen molar-refractivity contribution in [3.05, 3.63) is 70.8 Å². The Morgan fingerprint density at radius 1 is 1.00 bits per heavy atom. The topological polar surface area (TPSA) is 41.9 Å². The van der Waals surface area contributed by atoms with E-state index in [-0.39, 0.29) is 24.5 Å². The van der Waals surface area contributed by atoms with Gasteiger partial charge < -0.3 is 19.5 Å². The zero-order chi connectivity index (χ0) is 24.4. The normalized spacial score (nSPS) is 22.7. The van der Waals surface area contributed by atoms with E-state index in [1.54, 1.807) is 0 Å². The second-order valence-corrected chi connectivity index (χ2v) is 8.31. The number of aliphatic hydroxyl groups is 1. The summed E-state index contributed by atoms with van der Waals surface area (Å²) < 4.78 is 91.2. The molecule has 0 aromatic heterocycles. The highest BCUT2D eigenvalue weighted by atomic mass is 19.4. The molecule has 0 aliphatic carbocycles. The van der Waals surface area contributed by atoms with Gasteiger partial charge in [0, 0.05) is 18.4 Å².